The summed E-state index contributed by atoms with van der Waals surface area (Å²) in [6, 6.07) is 1.76. The number of halogens is 1. The Morgan fingerprint density at radius 1 is 1.77 bits per heavy atom. The lowest BCUT2D eigenvalue weighted by Gasteiger charge is -1.95. The monoisotopic (exact) mass is 206 g/mol. The molecule has 0 aliphatic rings. The molecule has 0 spiro atoms. The molecule has 1 rings (SSSR count). The Labute approximate surface area is 81.5 Å². The van der Waals surface area contributed by atoms with Gasteiger partial charge in [-0.05, 0) is 6.92 Å². The molecular weight excluding hydrogens is 196 g/mol. The number of carboxylic acids is 1. The van der Waals surface area contributed by atoms with Gasteiger partial charge >= 0.3 is 5.97 Å². The minimum absolute atomic E-state index is 0. The third-order valence-corrected chi connectivity index (χ3v) is 1.25. The molecule has 1 aromatic heterocycles. The Kier molecular flexibility index (Phi) is 5.10. The summed E-state index contributed by atoms with van der Waals surface area (Å²) >= 11 is 0. The zero-order chi connectivity index (χ0) is 8.97. The van der Waals surface area contributed by atoms with Crippen LogP contribution < -0.4 is 5.32 Å². The fourth-order valence-corrected chi connectivity index (χ4v) is 0.792. The van der Waals surface area contributed by atoms with E-state index in [2.05, 4.69) is 10.5 Å². The number of nitrogens with one attached hydrogen (secondary N) is 1. The Hall–Kier alpha value is -1.07. The number of hydrogen-bond donors (Lipinski definition) is 2. The lowest BCUT2D eigenvalue weighted by molar-refractivity contribution is -0.136. The van der Waals surface area contributed by atoms with Gasteiger partial charge in [-0.2, -0.15) is 0 Å². The van der Waals surface area contributed by atoms with E-state index in [-0.39, 0.29) is 19.0 Å². The number of aromatic nitrogens is 1. The van der Waals surface area contributed by atoms with Crippen molar-refractivity contribution in [3.05, 3.63) is 17.5 Å². The molecule has 0 bridgehead atoms. The van der Waals surface area contributed by atoms with Crippen molar-refractivity contribution >= 4 is 18.4 Å². The Balaban J connectivity index is 0.00000144. The van der Waals surface area contributed by atoms with Gasteiger partial charge < -0.3 is 9.63 Å². The van der Waals surface area contributed by atoms with Gasteiger partial charge in [0.05, 0.1) is 18.8 Å². The normalized spacial score (nSPS) is 9.31. The first-order valence-electron chi connectivity index (χ1n) is 3.53. The molecule has 0 unspecified atom stereocenters. The highest BCUT2D eigenvalue weighted by molar-refractivity contribution is 5.85. The van der Waals surface area contributed by atoms with Crippen LogP contribution in [-0.4, -0.2) is 22.8 Å². The van der Waals surface area contributed by atoms with Gasteiger partial charge in [0.2, 0.25) is 0 Å². The average Bonchev–Trinajstić information content (AvgIpc) is 2.35. The number of carboxylic acid groups (broad SMARTS) is 1. The SMILES string of the molecule is Cc1cc(CNCC(=O)O)on1.Cl. The van der Waals surface area contributed by atoms with Gasteiger partial charge in [-0.3, -0.25) is 10.1 Å². The van der Waals surface area contributed by atoms with Crippen LogP contribution in [0.15, 0.2) is 10.6 Å². The average molecular weight is 207 g/mol. The molecular formula is C7H11ClN2O3. The molecule has 6 heteroatoms. The molecule has 0 radical (unpaired) electrons. The first-order valence-corrected chi connectivity index (χ1v) is 3.53. The zero-order valence-corrected chi connectivity index (χ0v) is 7.93. The molecule has 1 aromatic rings. The standard InChI is InChI=1S/C7H10N2O3.ClH/c1-5-2-6(12-9-5)3-8-4-7(10)11;/h2,8H,3-4H2,1H3,(H,10,11);1H. The number of aliphatic carboxylic acids is 1. The predicted octanol–water partition coefficient (Wildman–Crippen LogP) is 0.579. The molecule has 74 valence electrons. The molecule has 0 aliphatic heterocycles. The van der Waals surface area contributed by atoms with Crippen molar-refractivity contribution in [3.8, 4) is 0 Å². The van der Waals surface area contributed by atoms with Crippen molar-refractivity contribution < 1.29 is 14.4 Å². The minimum atomic E-state index is -0.883. The van der Waals surface area contributed by atoms with Crippen molar-refractivity contribution in [2.45, 2.75) is 13.5 Å². The smallest absolute Gasteiger partial charge is 0.317 e. The number of aryl methyl sites for hydroxylation is 1. The van der Waals surface area contributed by atoms with Crippen molar-refractivity contribution in [2.24, 2.45) is 0 Å². The van der Waals surface area contributed by atoms with Crippen LogP contribution in [0.25, 0.3) is 0 Å². The third-order valence-electron chi connectivity index (χ3n) is 1.25. The van der Waals surface area contributed by atoms with E-state index in [9.17, 15) is 4.79 Å². The Bertz CT molecular complexity index is 274. The van der Waals surface area contributed by atoms with E-state index in [0.717, 1.165) is 5.69 Å². The second kappa shape index (κ2) is 5.55. The molecule has 0 fully saturated rings. The van der Waals surface area contributed by atoms with Crippen molar-refractivity contribution in [3.63, 3.8) is 0 Å². The topological polar surface area (TPSA) is 75.4 Å². The van der Waals surface area contributed by atoms with Crippen molar-refractivity contribution in [1.29, 1.82) is 0 Å². The van der Waals surface area contributed by atoms with E-state index in [1.165, 1.54) is 0 Å². The molecule has 0 aliphatic carbocycles. The summed E-state index contributed by atoms with van der Waals surface area (Å²) in [6.07, 6.45) is 0. The lowest BCUT2D eigenvalue weighted by Crippen LogP contribution is -2.21. The highest BCUT2D eigenvalue weighted by atomic mass is 35.5. The summed E-state index contributed by atoms with van der Waals surface area (Å²) < 4.78 is 4.84. The van der Waals surface area contributed by atoms with E-state index in [1.807, 2.05) is 6.92 Å². The molecule has 0 saturated carbocycles. The summed E-state index contributed by atoms with van der Waals surface area (Å²) in [5.41, 5.74) is 0.794. The van der Waals surface area contributed by atoms with Crippen LogP contribution in [-0.2, 0) is 11.3 Å². The van der Waals surface area contributed by atoms with Gasteiger partial charge in [-0.15, -0.1) is 12.4 Å². The fraction of sp³-hybridized carbons (Fsp3) is 0.429. The number of nitrogens with zero attached hydrogens (tertiary/aromatic N) is 1. The maximum absolute atomic E-state index is 10.1. The van der Waals surface area contributed by atoms with Crippen molar-refractivity contribution in [1.82, 2.24) is 10.5 Å². The van der Waals surface area contributed by atoms with E-state index in [0.29, 0.717) is 12.3 Å². The van der Waals surface area contributed by atoms with Crippen LogP contribution in [0.1, 0.15) is 11.5 Å². The molecule has 2 N–H and O–H groups in total. The fourth-order valence-electron chi connectivity index (χ4n) is 0.792. The molecule has 5 nitrogen and oxygen atoms in total. The maximum atomic E-state index is 10.1. The highest BCUT2D eigenvalue weighted by Gasteiger charge is 2.00. The maximum Gasteiger partial charge on any atom is 0.317 e. The van der Waals surface area contributed by atoms with Crippen molar-refractivity contribution in [2.75, 3.05) is 6.54 Å². The van der Waals surface area contributed by atoms with E-state index in [1.54, 1.807) is 6.07 Å². The van der Waals surface area contributed by atoms with Crippen LogP contribution in [0.3, 0.4) is 0 Å². The summed E-state index contributed by atoms with van der Waals surface area (Å²) in [6.45, 7) is 2.14. The highest BCUT2D eigenvalue weighted by Crippen LogP contribution is 2.00. The molecule has 0 atom stereocenters. The lowest BCUT2D eigenvalue weighted by atomic mass is 10.4. The molecule has 1 heterocycles. The molecule has 0 aromatic carbocycles. The third kappa shape index (κ3) is 4.49. The predicted molar refractivity (Wildman–Crippen MR) is 47.8 cm³/mol. The Morgan fingerprint density at radius 2 is 2.46 bits per heavy atom. The summed E-state index contributed by atoms with van der Waals surface area (Å²) in [5, 5.41) is 14.6. The number of hydrogen-bond acceptors (Lipinski definition) is 4. The second-order valence-corrected chi connectivity index (χ2v) is 2.43. The van der Waals surface area contributed by atoms with Gasteiger partial charge in [0.1, 0.15) is 0 Å². The first-order chi connectivity index (χ1) is 5.68. The van der Waals surface area contributed by atoms with E-state index in [4.69, 9.17) is 9.63 Å². The molecule has 13 heavy (non-hydrogen) atoms. The zero-order valence-electron chi connectivity index (χ0n) is 7.11. The van der Waals surface area contributed by atoms with Gasteiger partial charge in [0.25, 0.3) is 0 Å². The first kappa shape index (κ1) is 11.9. The van der Waals surface area contributed by atoms with Gasteiger partial charge in [0.15, 0.2) is 5.76 Å². The van der Waals surface area contributed by atoms with E-state index >= 15 is 0 Å². The minimum Gasteiger partial charge on any atom is -0.480 e. The molecule has 0 saturated heterocycles. The van der Waals surface area contributed by atoms with Gasteiger partial charge in [-0.25, -0.2) is 0 Å². The van der Waals surface area contributed by atoms with Gasteiger partial charge in [0, 0.05) is 6.07 Å². The summed E-state index contributed by atoms with van der Waals surface area (Å²) in [5.74, 6) is -0.236. The largest absolute Gasteiger partial charge is 0.480 e. The van der Waals surface area contributed by atoms with E-state index < -0.39 is 5.97 Å². The summed E-state index contributed by atoms with van der Waals surface area (Å²) in [4.78, 5) is 10.1. The molecule has 0 amide bonds. The van der Waals surface area contributed by atoms with Gasteiger partial charge in [-0.1, -0.05) is 5.16 Å². The number of rotatable bonds is 4. The van der Waals surface area contributed by atoms with Crippen LogP contribution in [0.5, 0.6) is 0 Å². The second-order valence-electron chi connectivity index (χ2n) is 2.43. The summed E-state index contributed by atoms with van der Waals surface area (Å²) in [7, 11) is 0. The van der Waals surface area contributed by atoms with Crippen LogP contribution in [0.2, 0.25) is 0 Å². The van der Waals surface area contributed by atoms with Crippen LogP contribution in [0.4, 0.5) is 0 Å². The quantitative estimate of drug-likeness (QED) is 0.754. The van der Waals surface area contributed by atoms with Crippen LogP contribution >= 0.6 is 12.4 Å². The van der Waals surface area contributed by atoms with Crippen LogP contribution in [0, 0.1) is 6.92 Å². The Morgan fingerprint density at radius 3 is 2.92 bits per heavy atom. The number of carbonyl (C=O) groups is 1.